The molecular weight excluding hydrogens is 190 g/mol. The van der Waals surface area contributed by atoms with Gasteiger partial charge in [0.05, 0.1) is 5.41 Å². The Morgan fingerprint density at radius 2 is 2.07 bits per heavy atom. The monoisotopic (exact) mass is 213 g/mol. The first-order valence-electron chi connectivity index (χ1n) is 5.91. The average Bonchev–Trinajstić information content (AvgIpc) is 2.87. The summed E-state index contributed by atoms with van der Waals surface area (Å²) in [4.78, 5) is 13.3. The van der Waals surface area contributed by atoms with E-state index in [0.717, 1.165) is 25.4 Å². The summed E-state index contributed by atoms with van der Waals surface area (Å²) in [6.45, 7) is 8.55. The van der Waals surface area contributed by atoms with Crippen molar-refractivity contribution < 1.29 is 9.90 Å². The lowest BCUT2D eigenvalue weighted by atomic mass is 9.93. The molecule has 0 aromatic heterocycles. The number of hydrogen-bond acceptors (Lipinski definition) is 2. The fourth-order valence-electron chi connectivity index (χ4n) is 1.84. The fraction of sp³-hybridized carbons (Fsp3) is 0.917. The summed E-state index contributed by atoms with van der Waals surface area (Å²) in [5.41, 5.74) is -0.621. The highest BCUT2D eigenvalue weighted by Gasteiger charge is 2.32. The molecule has 0 aromatic carbocycles. The molecule has 1 saturated carbocycles. The van der Waals surface area contributed by atoms with Crippen molar-refractivity contribution in [3.8, 4) is 0 Å². The molecular formula is C12H23NO2. The van der Waals surface area contributed by atoms with Gasteiger partial charge in [-0.3, -0.25) is 4.79 Å². The van der Waals surface area contributed by atoms with Gasteiger partial charge in [-0.15, -0.1) is 0 Å². The molecule has 1 N–H and O–H groups in total. The minimum Gasteiger partial charge on any atom is -0.481 e. The second-order valence-corrected chi connectivity index (χ2v) is 5.37. The van der Waals surface area contributed by atoms with E-state index in [0.29, 0.717) is 6.54 Å². The molecule has 1 fully saturated rings. The fourth-order valence-corrected chi connectivity index (χ4v) is 1.84. The lowest BCUT2D eigenvalue weighted by Crippen LogP contribution is -2.40. The summed E-state index contributed by atoms with van der Waals surface area (Å²) in [6, 6.07) is 0. The van der Waals surface area contributed by atoms with Crippen LogP contribution in [-0.4, -0.2) is 35.6 Å². The van der Waals surface area contributed by atoms with Gasteiger partial charge in [-0.1, -0.05) is 6.92 Å². The maximum Gasteiger partial charge on any atom is 0.310 e. The van der Waals surface area contributed by atoms with Crippen LogP contribution in [0.1, 0.15) is 40.0 Å². The minimum absolute atomic E-state index is 0.621. The van der Waals surface area contributed by atoms with Crippen molar-refractivity contribution in [1.29, 1.82) is 0 Å². The molecule has 0 bridgehead atoms. The predicted molar refractivity (Wildman–Crippen MR) is 60.9 cm³/mol. The highest BCUT2D eigenvalue weighted by Crippen LogP contribution is 2.30. The number of carboxylic acids is 1. The SMILES string of the molecule is CCCN(CC1CC1)CC(C)(C)C(=O)O. The highest BCUT2D eigenvalue weighted by atomic mass is 16.4. The molecule has 3 heteroatoms. The number of carbonyl (C=O) groups is 1. The van der Waals surface area contributed by atoms with Gasteiger partial charge in [-0.05, 0) is 45.6 Å². The number of rotatable bonds is 7. The molecule has 0 unspecified atom stereocenters. The third kappa shape index (κ3) is 4.20. The van der Waals surface area contributed by atoms with E-state index in [1.807, 2.05) is 13.8 Å². The third-order valence-corrected chi connectivity index (χ3v) is 2.95. The Morgan fingerprint density at radius 1 is 1.47 bits per heavy atom. The zero-order chi connectivity index (χ0) is 11.5. The Labute approximate surface area is 92.5 Å². The average molecular weight is 213 g/mol. The van der Waals surface area contributed by atoms with Crippen LogP contribution in [0.4, 0.5) is 0 Å². The molecule has 0 heterocycles. The maximum atomic E-state index is 11.0. The van der Waals surface area contributed by atoms with Crippen molar-refractivity contribution >= 4 is 5.97 Å². The van der Waals surface area contributed by atoms with Crippen LogP contribution in [0.3, 0.4) is 0 Å². The number of aliphatic carboxylic acids is 1. The summed E-state index contributed by atoms with van der Waals surface area (Å²) >= 11 is 0. The van der Waals surface area contributed by atoms with Crippen LogP contribution < -0.4 is 0 Å². The molecule has 0 radical (unpaired) electrons. The molecule has 1 aliphatic carbocycles. The highest BCUT2D eigenvalue weighted by molar-refractivity contribution is 5.73. The van der Waals surface area contributed by atoms with Crippen molar-refractivity contribution in [2.75, 3.05) is 19.6 Å². The quantitative estimate of drug-likeness (QED) is 0.705. The maximum absolute atomic E-state index is 11.0. The first-order valence-corrected chi connectivity index (χ1v) is 5.91. The standard InChI is InChI=1S/C12H23NO2/c1-4-7-13(8-10-5-6-10)9-12(2,3)11(14)15/h10H,4-9H2,1-3H3,(H,14,15). The Kier molecular flexibility index (Phi) is 4.14. The van der Waals surface area contributed by atoms with Gasteiger partial charge in [0.1, 0.15) is 0 Å². The largest absolute Gasteiger partial charge is 0.481 e. The molecule has 15 heavy (non-hydrogen) atoms. The topological polar surface area (TPSA) is 40.5 Å². The first kappa shape index (κ1) is 12.5. The van der Waals surface area contributed by atoms with E-state index in [-0.39, 0.29) is 0 Å². The lowest BCUT2D eigenvalue weighted by molar-refractivity contribution is -0.148. The van der Waals surface area contributed by atoms with Crippen molar-refractivity contribution in [3.05, 3.63) is 0 Å². The Bertz CT molecular complexity index is 222. The smallest absolute Gasteiger partial charge is 0.310 e. The molecule has 0 atom stereocenters. The van der Waals surface area contributed by atoms with Crippen LogP contribution in [0.5, 0.6) is 0 Å². The van der Waals surface area contributed by atoms with Gasteiger partial charge in [0, 0.05) is 13.1 Å². The summed E-state index contributed by atoms with van der Waals surface area (Å²) in [7, 11) is 0. The third-order valence-electron chi connectivity index (χ3n) is 2.95. The van der Waals surface area contributed by atoms with E-state index in [9.17, 15) is 4.79 Å². The molecule has 0 amide bonds. The Morgan fingerprint density at radius 3 is 2.47 bits per heavy atom. The normalized spacial score (nSPS) is 17.1. The van der Waals surface area contributed by atoms with Gasteiger partial charge >= 0.3 is 5.97 Å². The van der Waals surface area contributed by atoms with Gasteiger partial charge < -0.3 is 10.0 Å². The minimum atomic E-state index is -0.695. The van der Waals surface area contributed by atoms with Gasteiger partial charge in [0.15, 0.2) is 0 Å². The molecule has 0 spiro atoms. The molecule has 1 rings (SSSR count). The molecule has 1 aliphatic rings. The van der Waals surface area contributed by atoms with Gasteiger partial charge in [0.2, 0.25) is 0 Å². The molecule has 3 nitrogen and oxygen atoms in total. The van der Waals surface area contributed by atoms with Crippen molar-refractivity contribution in [3.63, 3.8) is 0 Å². The van der Waals surface area contributed by atoms with Crippen LogP contribution in [-0.2, 0) is 4.79 Å². The summed E-state index contributed by atoms with van der Waals surface area (Å²) in [5.74, 6) is 0.139. The van der Waals surface area contributed by atoms with Crippen molar-refractivity contribution in [1.82, 2.24) is 4.90 Å². The van der Waals surface area contributed by atoms with E-state index in [4.69, 9.17) is 5.11 Å². The van der Waals surface area contributed by atoms with E-state index >= 15 is 0 Å². The van der Waals surface area contributed by atoms with E-state index in [1.54, 1.807) is 0 Å². The van der Waals surface area contributed by atoms with Gasteiger partial charge in [-0.25, -0.2) is 0 Å². The van der Waals surface area contributed by atoms with E-state index in [1.165, 1.54) is 12.8 Å². The van der Waals surface area contributed by atoms with Crippen molar-refractivity contribution in [2.45, 2.75) is 40.0 Å². The van der Waals surface area contributed by atoms with Crippen LogP contribution in [0, 0.1) is 11.3 Å². The zero-order valence-electron chi connectivity index (χ0n) is 10.1. The second-order valence-electron chi connectivity index (χ2n) is 5.37. The number of carboxylic acid groups (broad SMARTS) is 1. The summed E-state index contributed by atoms with van der Waals surface area (Å²) in [6.07, 6.45) is 3.75. The van der Waals surface area contributed by atoms with E-state index in [2.05, 4.69) is 11.8 Å². The van der Waals surface area contributed by atoms with Gasteiger partial charge in [-0.2, -0.15) is 0 Å². The zero-order valence-corrected chi connectivity index (χ0v) is 10.1. The summed E-state index contributed by atoms with van der Waals surface area (Å²) < 4.78 is 0. The first-order chi connectivity index (χ1) is 6.95. The molecule has 88 valence electrons. The Hall–Kier alpha value is -0.570. The number of hydrogen-bond donors (Lipinski definition) is 1. The van der Waals surface area contributed by atoms with Crippen molar-refractivity contribution in [2.24, 2.45) is 11.3 Å². The van der Waals surface area contributed by atoms with Crippen LogP contribution in [0.2, 0.25) is 0 Å². The molecule has 0 saturated heterocycles. The van der Waals surface area contributed by atoms with Crippen LogP contribution in [0.25, 0.3) is 0 Å². The molecule has 0 aliphatic heterocycles. The Balaban J connectivity index is 2.44. The van der Waals surface area contributed by atoms with Crippen LogP contribution >= 0.6 is 0 Å². The summed E-state index contributed by atoms with van der Waals surface area (Å²) in [5, 5.41) is 9.08. The lowest BCUT2D eigenvalue weighted by Gasteiger charge is -2.29. The number of nitrogens with zero attached hydrogens (tertiary/aromatic N) is 1. The van der Waals surface area contributed by atoms with E-state index < -0.39 is 11.4 Å². The van der Waals surface area contributed by atoms with Gasteiger partial charge in [0.25, 0.3) is 0 Å². The van der Waals surface area contributed by atoms with Crippen LogP contribution in [0.15, 0.2) is 0 Å². The second kappa shape index (κ2) is 4.97. The molecule has 0 aromatic rings. The predicted octanol–water partition coefficient (Wildman–Crippen LogP) is 2.22.